The lowest BCUT2D eigenvalue weighted by Gasteiger charge is -2.56. The number of rotatable bonds is 5. The van der Waals surface area contributed by atoms with Gasteiger partial charge in [-0.25, -0.2) is 0 Å². The molecule has 116 valence electrons. The van der Waals surface area contributed by atoms with E-state index in [1.807, 2.05) is 6.92 Å². The van der Waals surface area contributed by atoms with Crippen molar-refractivity contribution in [1.82, 2.24) is 0 Å². The second kappa shape index (κ2) is 5.51. The average Bonchev–Trinajstić information content (AvgIpc) is 2.33. The van der Waals surface area contributed by atoms with Gasteiger partial charge < -0.3 is 10.6 Å². The van der Waals surface area contributed by atoms with Gasteiger partial charge in [0, 0.05) is 0 Å². The Hall–Kier alpha value is -0.840. The summed E-state index contributed by atoms with van der Waals surface area (Å²) in [6.07, 6.45) is 5.86. The van der Waals surface area contributed by atoms with Crippen molar-refractivity contribution in [3.8, 4) is 0 Å². The fourth-order valence-electron chi connectivity index (χ4n) is 5.26. The highest BCUT2D eigenvalue weighted by Gasteiger charge is 2.53. The predicted octanol–water partition coefficient (Wildman–Crippen LogP) is 3.15. The van der Waals surface area contributed by atoms with E-state index in [2.05, 4.69) is 13.8 Å². The molecule has 2 rings (SSSR count). The molecule has 5 heteroatoms. The number of hydrogen-bond donors (Lipinski definition) is 1. The molecule has 2 saturated carbocycles. The Morgan fingerprint density at radius 1 is 1.45 bits per heavy atom. The van der Waals surface area contributed by atoms with Gasteiger partial charge in [-0.3, -0.25) is 0 Å². The summed E-state index contributed by atoms with van der Waals surface area (Å²) in [6.45, 7) is 7.16. The molecule has 20 heavy (non-hydrogen) atoms. The van der Waals surface area contributed by atoms with Gasteiger partial charge in [-0.05, 0) is 67.7 Å². The zero-order chi connectivity index (χ0) is 15.0. The first kappa shape index (κ1) is 15.5. The molecule has 0 aliphatic heterocycles. The van der Waals surface area contributed by atoms with Crippen molar-refractivity contribution in [2.75, 3.05) is 6.54 Å². The third-order valence-electron chi connectivity index (χ3n) is 5.51. The smallest absolute Gasteiger partial charge is 0.294 e. The van der Waals surface area contributed by atoms with Crippen LogP contribution in [0.2, 0.25) is 0 Å². The number of fused-ring (bicyclic) bond motifs is 2. The Kier molecular flexibility index (Phi) is 4.28. The van der Waals surface area contributed by atoms with Crippen LogP contribution in [0.3, 0.4) is 0 Å². The van der Waals surface area contributed by atoms with Crippen molar-refractivity contribution in [3.63, 3.8) is 0 Å². The summed E-state index contributed by atoms with van der Waals surface area (Å²) in [5, 5.41) is 10.2. The monoisotopic (exact) mass is 284 g/mol. The molecule has 0 aromatic rings. The molecule has 0 aromatic heterocycles. The first-order valence-electron chi connectivity index (χ1n) is 7.84. The fraction of sp³-hybridized carbons (Fsp3) is 1.00. The molecule has 2 bridgehead atoms. The topological polar surface area (TPSA) is 78.4 Å². The van der Waals surface area contributed by atoms with Crippen LogP contribution in [0.1, 0.15) is 59.3 Å². The van der Waals surface area contributed by atoms with E-state index in [0.29, 0.717) is 24.8 Å². The highest BCUT2D eigenvalue weighted by Crippen LogP contribution is 2.59. The lowest BCUT2D eigenvalue weighted by molar-refractivity contribution is -0.773. The molecule has 0 spiro atoms. The Morgan fingerprint density at radius 2 is 2.15 bits per heavy atom. The largest absolute Gasteiger partial charge is 0.330 e. The maximum atomic E-state index is 10.8. The van der Waals surface area contributed by atoms with E-state index in [1.54, 1.807) is 0 Å². The molecule has 5 nitrogen and oxygen atoms in total. The maximum Gasteiger partial charge on any atom is 0.294 e. The standard InChI is InChI=1S/C15H28N2O3/c1-4-13(20-17(18)19)15-6-11(2)5-12(8-15)7-14(3,9-15)10-16/h11-13H,4-10,16H2,1-3H3. The molecule has 5 atom stereocenters. The average molecular weight is 284 g/mol. The quantitative estimate of drug-likeness (QED) is 0.621. The fourth-order valence-corrected chi connectivity index (χ4v) is 5.26. The molecule has 0 amide bonds. The second-order valence-electron chi connectivity index (χ2n) is 7.60. The van der Waals surface area contributed by atoms with Crippen LogP contribution in [0.4, 0.5) is 0 Å². The molecule has 0 heterocycles. The SMILES string of the molecule is CCC(O[N+](=O)[O-])C12CC(C)CC(CC(C)(CN)C1)C2. The Balaban J connectivity index is 2.29. The second-order valence-corrected chi connectivity index (χ2v) is 7.60. The van der Waals surface area contributed by atoms with Crippen LogP contribution in [0, 0.1) is 32.8 Å². The van der Waals surface area contributed by atoms with E-state index in [-0.39, 0.29) is 16.9 Å². The van der Waals surface area contributed by atoms with Crippen LogP contribution in [0.25, 0.3) is 0 Å². The third-order valence-corrected chi connectivity index (χ3v) is 5.51. The summed E-state index contributed by atoms with van der Waals surface area (Å²) in [4.78, 5) is 15.9. The van der Waals surface area contributed by atoms with Crippen molar-refractivity contribution >= 4 is 0 Å². The zero-order valence-corrected chi connectivity index (χ0v) is 12.9. The minimum absolute atomic E-state index is 0.0590. The van der Waals surface area contributed by atoms with Gasteiger partial charge in [-0.2, -0.15) is 0 Å². The van der Waals surface area contributed by atoms with Crippen molar-refractivity contribution in [3.05, 3.63) is 10.1 Å². The summed E-state index contributed by atoms with van der Waals surface area (Å²) in [7, 11) is 0. The van der Waals surface area contributed by atoms with E-state index < -0.39 is 5.09 Å². The minimum atomic E-state index is -0.606. The Bertz CT molecular complexity index is 372. The van der Waals surface area contributed by atoms with Gasteiger partial charge in [0.05, 0.1) is 0 Å². The van der Waals surface area contributed by atoms with E-state index in [4.69, 9.17) is 10.6 Å². The van der Waals surface area contributed by atoms with Gasteiger partial charge in [0.1, 0.15) is 6.10 Å². The minimum Gasteiger partial charge on any atom is -0.330 e. The predicted molar refractivity (Wildman–Crippen MR) is 77.5 cm³/mol. The molecule has 0 saturated heterocycles. The Labute approximate surface area is 121 Å². The third kappa shape index (κ3) is 2.92. The summed E-state index contributed by atoms with van der Waals surface area (Å²) in [5.41, 5.74) is 6.05. The number of nitrogens with zero attached hydrogens (tertiary/aromatic N) is 1. The highest BCUT2D eigenvalue weighted by atomic mass is 17.0. The van der Waals surface area contributed by atoms with Crippen LogP contribution in [-0.2, 0) is 4.84 Å². The summed E-state index contributed by atoms with van der Waals surface area (Å²) in [6, 6.07) is 0. The van der Waals surface area contributed by atoms with Gasteiger partial charge in [0.2, 0.25) is 0 Å². The lowest BCUT2D eigenvalue weighted by Crippen LogP contribution is -2.52. The first-order chi connectivity index (χ1) is 9.32. The lowest BCUT2D eigenvalue weighted by atomic mass is 9.50. The summed E-state index contributed by atoms with van der Waals surface area (Å²) < 4.78 is 0. The van der Waals surface area contributed by atoms with Crippen LogP contribution in [-0.4, -0.2) is 17.7 Å². The maximum absolute atomic E-state index is 10.8. The molecule has 2 aliphatic carbocycles. The Morgan fingerprint density at radius 3 is 2.70 bits per heavy atom. The molecular weight excluding hydrogens is 256 g/mol. The van der Waals surface area contributed by atoms with E-state index in [1.165, 1.54) is 6.42 Å². The van der Waals surface area contributed by atoms with Crippen molar-refractivity contribution < 1.29 is 9.92 Å². The summed E-state index contributed by atoms with van der Waals surface area (Å²) in [5.74, 6) is 1.27. The number of nitrogens with two attached hydrogens (primary N) is 1. The number of hydrogen-bond acceptors (Lipinski definition) is 4. The van der Waals surface area contributed by atoms with Gasteiger partial charge in [-0.15, -0.1) is 10.1 Å². The molecule has 0 radical (unpaired) electrons. The molecule has 0 aromatic carbocycles. The van der Waals surface area contributed by atoms with Crippen molar-refractivity contribution in [1.29, 1.82) is 0 Å². The molecule has 2 N–H and O–H groups in total. The van der Waals surface area contributed by atoms with Crippen molar-refractivity contribution in [2.45, 2.75) is 65.4 Å². The van der Waals surface area contributed by atoms with Crippen LogP contribution < -0.4 is 5.73 Å². The normalized spacial score (nSPS) is 42.0. The molecular formula is C15H28N2O3. The highest BCUT2D eigenvalue weighted by molar-refractivity contribution is 5.03. The molecule has 2 aliphatic rings. The molecule has 2 fully saturated rings. The summed E-state index contributed by atoms with van der Waals surface area (Å²) >= 11 is 0. The van der Waals surface area contributed by atoms with Gasteiger partial charge in [-0.1, -0.05) is 20.8 Å². The van der Waals surface area contributed by atoms with Gasteiger partial charge in [0.15, 0.2) is 0 Å². The van der Waals surface area contributed by atoms with Gasteiger partial charge >= 0.3 is 0 Å². The molecule has 5 unspecified atom stereocenters. The zero-order valence-electron chi connectivity index (χ0n) is 12.9. The van der Waals surface area contributed by atoms with E-state index >= 15 is 0 Å². The van der Waals surface area contributed by atoms with E-state index in [0.717, 1.165) is 25.7 Å². The van der Waals surface area contributed by atoms with Crippen LogP contribution >= 0.6 is 0 Å². The van der Waals surface area contributed by atoms with Crippen LogP contribution in [0.15, 0.2) is 0 Å². The first-order valence-corrected chi connectivity index (χ1v) is 7.84. The van der Waals surface area contributed by atoms with Crippen LogP contribution in [0.5, 0.6) is 0 Å². The van der Waals surface area contributed by atoms with E-state index in [9.17, 15) is 10.1 Å². The van der Waals surface area contributed by atoms with Gasteiger partial charge in [0.25, 0.3) is 5.09 Å². The van der Waals surface area contributed by atoms with Crippen molar-refractivity contribution in [2.24, 2.45) is 28.4 Å².